The molecule has 0 spiro atoms. The van der Waals surface area contributed by atoms with Crippen molar-refractivity contribution in [3.05, 3.63) is 59.7 Å². The fourth-order valence-electron chi connectivity index (χ4n) is 2.86. The molecule has 2 aromatic rings. The van der Waals surface area contributed by atoms with E-state index in [1.807, 2.05) is 0 Å². The van der Waals surface area contributed by atoms with Crippen LogP contribution in [0.1, 0.15) is 28.8 Å². The fraction of sp³-hybridized carbons (Fsp3) is 0.222. The third-order valence-electron chi connectivity index (χ3n) is 4.52. The van der Waals surface area contributed by atoms with Crippen LogP contribution >= 0.6 is 0 Å². The first-order valence-corrected chi connectivity index (χ1v) is 9.75. The Labute approximate surface area is 163 Å². The Morgan fingerprint density at radius 1 is 1.03 bits per heavy atom. The molecular weight excluding hydrogens is 413 g/mol. The average Bonchev–Trinajstić information content (AvgIpc) is 3.42. The highest BCUT2D eigenvalue weighted by atomic mass is 32.2. The number of ether oxygens (including phenoxy) is 1. The summed E-state index contributed by atoms with van der Waals surface area (Å²) in [5, 5.41) is 0. The highest BCUT2D eigenvalue weighted by Crippen LogP contribution is 2.47. The van der Waals surface area contributed by atoms with E-state index in [1.165, 1.54) is 36.4 Å². The van der Waals surface area contributed by atoms with Gasteiger partial charge in [0.05, 0.1) is 15.9 Å². The molecule has 7 nitrogen and oxygen atoms in total. The standard InChI is InChI=1S/C18H15F3N2O5S/c19-18(20,21)28-14-4-2-1-3-13(14)15(24)23-29(26,27)12-7-5-11(6-8-12)17(9-10-17)16(22)25/h1-8H,9-10H2,(H2,22,25)(H,23,24). The number of nitrogens with one attached hydrogen (secondary N) is 1. The van der Waals surface area contributed by atoms with Gasteiger partial charge >= 0.3 is 6.36 Å². The molecule has 2 amide bonds. The van der Waals surface area contributed by atoms with Crippen molar-refractivity contribution in [2.24, 2.45) is 5.73 Å². The summed E-state index contributed by atoms with van der Waals surface area (Å²) < 4.78 is 67.8. The van der Waals surface area contributed by atoms with Crippen LogP contribution < -0.4 is 15.2 Å². The number of rotatable bonds is 6. The van der Waals surface area contributed by atoms with Gasteiger partial charge < -0.3 is 10.5 Å². The molecule has 1 aliphatic carbocycles. The van der Waals surface area contributed by atoms with Gasteiger partial charge in [-0.1, -0.05) is 24.3 Å². The monoisotopic (exact) mass is 428 g/mol. The van der Waals surface area contributed by atoms with Crippen molar-refractivity contribution >= 4 is 21.8 Å². The molecule has 1 fully saturated rings. The number of para-hydroxylation sites is 1. The molecule has 3 N–H and O–H groups in total. The van der Waals surface area contributed by atoms with Crippen LogP contribution in [-0.4, -0.2) is 26.6 Å². The average molecular weight is 428 g/mol. The summed E-state index contributed by atoms with van der Waals surface area (Å²) in [5.74, 6) is -2.63. The topological polar surface area (TPSA) is 116 Å². The maximum atomic E-state index is 12.5. The van der Waals surface area contributed by atoms with Crippen LogP contribution in [0.5, 0.6) is 5.75 Å². The lowest BCUT2D eigenvalue weighted by atomic mass is 9.95. The van der Waals surface area contributed by atoms with E-state index in [0.29, 0.717) is 18.4 Å². The Kier molecular flexibility index (Phi) is 5.03. The molecule has 0 aromatic heterocycles. The van der Waals surface area contributed by atoms with Gasteiger partial charge in [0.2, 0.25) is 5.91 Å². The van der Waals surface area contributed by atoms with E-state index in [2.05, 4.69) is 4.74 Å². The molecule has 0 heterocycles. The first-order chi connectivity index (χ1) is 13.4. The molecule has 0 bridgehead atoms. The number of primary amides is 1. The lowest BCUT2D eigenvalue weighted by Crippen LogP contribution is -2.32. The summed E-state index contributed by atoms with van der Waals surface area (Å²) in [5.41, 5.74) is 4.52. The number of halogens is 3. The van der Waals surface area contributed by atoms with Crippen LogP contribution in [0.15, 0.2) is 53.4 Å². The van der Waals surface area contributed by atoms with Crippen molar-refractivity contribution in [1.29, 1.82) is 0 Å². The molecule has 0 aliphatic heterocycles. The molecule has 0 saturated heterocycles. The number of nitrogens with two attached hydrogens (primary N) is 1. The van der Waals surface area contributed by atoms with Gasteiger partial charge in [0.1, 0.15) is 5.75 Å². The minimum atomic E-state index is -5.05. The van der Waals surface area contributed by atoms with Gasteiger partial charge in [-0.2, -0.15) is 0 Å². The van der Waals surface area contributed by atoms with Crippen LogP contribution in [0.2, 0.25) is 0 Å². The molecule has 3 rings (SSSR count). The zero-order valence-electron chi connectivity index (χ0n) is 14.7. The SMILES string of the molecule is NC(=O)C1(c2ccc(S(=O)(=O)NC(=O)c3ccccc3OC(F)(F)F)cc2)CC1. The zero-order valence-corrected chi connectivity index (χ0v) is 15.5. The second kappa shape index (κ2) is 7.07. The molecule has 1 aliphatic rings. The lowest BCUT2D eigenvalue weighted by molar-refractivity contribution is -0.274. The normalized spacial score (nSPS) is 15.4. The predicted octanol–water partition coefficient (Wildman–Crippen LogP) is 2.22. The molecule has 29 heavy (non-hydrogen) atoms. The Bertz CT molecular complexity index is 1060. The van der Waals surface area contributed by atoms with Crippen molar-refractivity contribution in [2.45, 2.75) is 29.5 Å². The highest BCUT2D eigenvalue weighted by molar-refractivity contribution is 7.90. The molecule has 0 atom stereocenters. The van der Waals surface area contributed by atoms with Crippen molar-refractivity contribution < 1.29 is 35.9 Å². The fourth-order valence-corrected chi connectivity index (χ4v) is 3.83. The van der Waals surface area contributed by atoms with Crippen LogP contribution in [0.4, 0.5) is 13.2 Å². The molecule has 154 valence electrons. The van der Waals surface area contributed by atoms with Gasteiger partial charge in [-0.3, -0.25) is 9.59 Å². The van der Waals surface area contributed by atoms with E-state index in [9.17, 15) is 31.2 Å². The molecule has 2 aromatic carbocycles. The first kappa shape index (κ1) is 20.6. The van der Waals surface area contributed by atoms with Crippen LogP contribution in [0, 0.1) is 0 Å². The molecule has 0 unspecified atom stereocenters. The summed E-state index contributed by atoms with van der Waals surface area (Å²) in [6, 6.07) is 9.56. The Morgan fingerprint density at radius 2 is 1.62 bits per heavy atom. The summed E-state index contributed by atoms with van der Waals surface area (Å²) in [6.07, 6.45) is -3.94. The van der Waals surface area contributed by atoms with E-state index in [-0.39, 0.29) is 4.90 Å². The number of amides is 2. The highest BCUT2D eigenvalue weighted by Gasteiger charge is 2.50. The number of carbonyl (C=O) groups excluding carboxylic acids is 2. The second-order valence-electron chi connectivity index (χ2n) is 6.45. The number of sulfonamides is 1. The Morgan fingerprint density at radius 3 is 2.14 bits per heavy atom. The van der Waals surface area contributed by atoms with Crippen LogP contribution in [0.3, 0.4) is 0 Å². The van der Waals surface area contributed by atoms with Gasteiger partial charge in [-0.15, -0.1) is 13.2 Å². The van der Waals surface area contributed by atoms with Gasteiger partial charge in [0, 0.05) is 0 Å². The number of benzene rings is 2. The minimum Gasteiger partial charge on any atom is -0.405 e. The Hall–Kier alpha value is -3.08. The number of hydrogen-bond acceptors (Lipinski definition) is 5. The van der Waals surface area contributed by atoms with Gasteiger partial charge in [-0.25, -0.2) is 13.1 Å². The third-order valence-corrected chi connectivity index (χ3v) is 5.87. The maximum Gasteiger partial charge on any atom is 0.573 e. The van der Waals surface area contributed by atoms with E-state index in [0.717, 1.165) is 12.1 Å². The first-order valence-electron chi connectivity index (χ1n) is 8.27. The van der Waals surface area contributed by atoms with Crippen molar-refractivity contribution in [3.8, 4) is 5.75 Å². The van der Waals surface area contributed by atoms with Crippen molar-refractivity contribution in [3.63, 3.8) is 0 Å². The summed E-state index contributed by atoms with van der Waals surface area (Å²) in [4.78, 5) is 23.5. The summed E-state index contributed by atoms with van der Waals surface area (Å²) in [6.45, 7) is 0. The largest absolute Gasteiger partial charge is 0.573 e. The number of carbonyl (C=O) groups is 2. The van der Waals surface area contributed by atoms with Crippen LogP contribution in [-0.2, 0) is 20.2 Å². The summed E-state index contributed by atoms with van der Waals surface area (Å²) in [7, 11) is -4.38. The summed E-state index contributed by atoms with van der Waals surface area (Å²) >= 11 is 0. The minimum absolute atomic E-state index is 0.302. The van der Waals surface area contributed by atoms with E-state index in [1.54, 1.807) is 4.72 Å². The van der Waals surface area contributed by atoms with Crippen LogP contribution in [0.25, 0.3) is 0 Å². The number of alkyl halides is 3. The quantitative estimate of drug-likeness (QED) is 0.732. The maximum absolute atomic E-state index is 12.5. The zero-order chi connectivity index (χ0) is 21.4. The van der Waals surface area contributed by atoms with Crippen molar-refractivity contribution in [1.82, 2.24) is 4.72 Å². The smallest absolute Gasteiger partial charge is 0.405 e. The van der Waals surface area contributed by atoms with Crippen molar-refractivity contribution in [2.75, 3.05) is 0 Å². The third kappa shape index (κ3) is 4.34. The predicted molar refractivity (Wildman–Crippen MR) is 94.3 cm³/mol. The lowest BCUT2D eigenvalue weighted by Gasteiger charge is -2.14. The van der Waals surface area contributed by atoms with E-state index >= 15 is 0 Å². The van der Waals surface area contributed by atoms with E-state index in [4.69, 9.17) is 5.73 Å². The van der Waals surface area contributed by atoms with Gasteiger partial charge in [0.15, 0.2) is 0 Å². The molecular formula is C18H15F3N2O5S. The second-order valence-corrected chi connectivity index (χ2v) is 8.13. The van der Waals surface area contributed by atoms with Gasteiger partial charge in [0.25, 0.3) is 15.9 Å². The molecule has 0 radical (unpaired) electrons. The Balaban J connectivity index is 1.82. The molecule has 11 heteroatoms. The number of hydrogen-bond donors (Lipinski definition) is 2. The van der Waals surface area contributed by atoms with Gasteiger partial charge in [-0.05, 0) is 42.7 Å². The van der Waals surface area contributed by atoms with E-state index < -0.39 is 44.9 Å². The molecule has 1 saturated carbocycles.